The normalized spacial score (nSPS) is 11.3. The number of fused-ring (bicyclic) bond motifs is 1. The van der Waals surface area contributed by atoms with Crippen LogP contribution >= 0.6 is 0 Å². The molecule has 2 nitrogen and oxygen atoms in total. The molecule has 17 heavy (non-hydrogen) atoms. The Balaban J connectivity index is 2.29. The first-order valence-electron chi connectivity index (χ1n) is 5.67. The first-order valence-corrected chi connectivity index (χ1v) is 5.67. The molecule has 0 fully saturated rings. The molecule has 0 atom stereocenters. The van der Waals surface area contributed by atoms with Crippen LogP contribution in [0.25, 0.3) is 10.9 Å². The highest BCUT2D eigenvalue weighted by Gasteiger charge is 2.10. The third kappa shape index (κ3) is 2.40. The first-order chi connectivity index (χ1) is 8.28. The van der Waals surface area contributed by atoms with Crippen molar-refractivity contribution in [3.63, 3.8) is 0 Å². The Labute approximate surface area is 98.6 Å². The van der Waals surface area contributed by atoms with E-state index in [1.165, 1.54) is 5.56 Å². The van der Waals surface area contributed by atoms with Gasteiger partial charge in [-0.2, -0.15) is 0 Å². The molecule has 0 saturated heterocycles. The van der Waals surface area contributed by atoms with Gasteiger partial charge in [0.2, 0.25) is 0 Å². The van der Waals surface area contributed by atoms with Crippen LogP contribution in [0.15, 0.2) is 24.4 Å². The number of benzene rings is 1. The predicted octanol–water partition coefficient (Wildman–Crippen LogP) is 3.42. The summed E-state index contributed by atoms with van der Waals surface area (Å²) in [5.41, 5.74) is 2.17. The quantitative estimate of drug-likeness (QED) is 0.849. The topological polar surface area (TPSA) is 25.0 Å². The lowest BCUT2D eigenvalue weighted by Gasteiger charge is -2.12. The molecule has 92 valence electrons. The van der Waals surface area contributed by atoms with Crippen LogP contribution in [-0.4, -0.2) is 24.4 Å². The Hall–Kier alpha value is -1.58. The van der Waals surface area contributed by atoms with Gasteiger partial charge in [-0.05, 0) is 30.2 Å². The van der Waals surface area contributed by atoms with Crippen molar-refractivity contribution in [3.05, 3.63) is 30.0 Å². The van der Waals surface area contributed by atoms with Crippen molar-refractivity contribution in [3.8, 4) is 5.75 Å². The van der Waals surface area contributed by atoms with Crippen LogP contribution < -0.4 is 4.74 Å². The van der Waals surface area contributed by atoms with Gasteiger partial charge < -0.3 is 9.72 Å². The van der Waals surface area contributed by atoms with Gasteiger partial charge in [-0.3, -0.25) is 0 Å². The molecule has 0 spiro atoms. The molecule has 1 aromatic carbocycles. The van der Waals surface area contributed by atoms with E-state index in [2.05, 4.69) is 11.9 Å². The first kappa shape index (κ1) is 11.9. The predicted molar refractivity (Wildman–Crippen MR) is 64.0 cm³/mol. The van der Waals surface area contributed by atoms with Crippen molar-refractivity contribution in [1.82, 2.24) is 4.98 Å². The zero-order valence-electron chi connectivity index (χ0n) is 9.67. The summed E-state index contributed by atoms with van der Waals surface area (Å²) < 4.78 is 30.0. The van der Waals surface area contributed by atoms with Gasteiger partial charge in [0.25, 0.3) is 0 Å². The number of rotatable bonds is 5. The van der Waals surface area contributed by atoms with Crippen LogP contribution in [0.4, 0.5) is 8.78 Å². The maximum Gasteiger partial charge on any atom is 0.155 e. The van der Waals surface area contributed by atoms with Crippen LogP contribution in [0.1, 0.15) is 12.5 Å². The van der Waals surface area contributed by atoms with Crippen molar-refractivity contribution in [2.24, 2.45) is 0 Å². The van der Waals surface area contributed by atoms with Crippen molar-refractivity contribution < 1.29 is 13.5 Å². The fraction of sp³-hybridized carbons (Fsp3) is 0.385. The van der Waals surface area contributed by atoms with Crippen LogP contribution in [0.3, 0.4) is 0 Å². The number of ether oxygens (including phenoxy) is 1. The third-order valence-electron chi connectivity index (χ3n) is 2.77. The average Bonchev–Trinajstić information content (AvgIpc) is 2.78. The van der Waals surface area contributed by atoms with Gasteiger partial charge in [-0.15, -0.1) is 0 Å². The van der Waals surface area contributed by atoms with E-state index >= 15 is 0 Å². The molecule has 1 aromatic heterocycles. The SMILES string of the molecule is CCc1c[nH]c2ccc(OC(CF)CF)cc12. The third-order valence-corrected chi connectivity index (χ3v) is 2.77. The second-order valence-corrected chi connectivity index (χ2v) is 3.92. The van der Waals surface area contributed by atoms with Gasteiger partial charge >= 0.3 is 0 Å². The smallest absolute Gasteiger partial charge is 0.155 e. The fourth-order valence-corrected chi connectivity index (χ4v) is 1.82. The molecule has 0 unspecified atom stereocenters. The van der Waals surface area contributed by atoms with E-state index in [1.54, 1.807) is 6.07 Å². The number of H-pyrrole nitrogens is 1. The van der Waals surface area contributed by atoms with Crippen molar-refractivity contribution in [2.75, 3.05) is 13.3 Å². The van der Waals surface area contributed by atoms with Crippen LogP contribution in [0.2, 0.25) is 0 Å². The number of aromatic amines is 1. The van der Waals surface area contributed by atoms with Crippen LogP contribution in [0.5, 0.6) is 5.75 Å². The molecule has 0 aliphatic rings. The maximum absolute atomic E-state index is 12.4. The number of aromatic nitrogens is 1. The second kappa shape index (κ2) is 5.17. The van der Waals surface area contributed by atoms with E-state index in [9.17, 15) is 8.78 Å². The van der Waals surface area contributed by atoms with E-state index in [1.807, 2.05) is 18.3 Å². The molecule has 0 aliphatic carbocycles. The zero-order valence-corrected chi connectivity index (χ0v) is 9.67. The molecule has 4 heteroatoms. The molecule has 0 amide bonds. The summed E-state index contributed by atoms with van der Waals surface area (Å²) in [6.07, 6.45) is 1.84. The second-order valence-electron chi connectivity index (χ2n) is 3.92. The average molecular weight is 239 g/mol. The molecular formula is C13H15F2NO. The van der Waals surface area contributed by atoms with E-state index in [4.69, 9.17) is 4.74 Å². The Morgan fingerprint density at radius 1 is 1.29 bits per heavy atom. The minimum Gasteiger partial charge on any atom is -0.485 e. The number of halogens is 2. The van der Waals surface area contributed by atoms with Gasteiger partial charge in [-0.25, -0.2) is 8.78 Å². The van der Waals surface area contributed by atoms with Crippen LogP contribution in [-0.2, 0) is 6.42 Å². The summed E-state index contributed by atoms with van der Waals surface area (Å²) in [5, 5.41) is 1.04. The summed E-state index contributed by atoms with van der Waals surface area (Å²) in [4.78, 5) is 3.14. The van der Waals surface area contributed by atoms with Crippen molar-refractivity contribution >= 4 is 10.9 Å². The Kier molecular flexibility index (Phi) is 3.61. The van der Waals surface area contributed by atoms with E-state index in [0.717, 1.165) is 17.3 Å². The molecular weight excluding hydrogens is 224 g/mol. The van der Waals surface area contributed by atoms with Crippen LogP contribution in [0, 0.1) is 0 Å². The number of aryl methyl sites for hydroxylation is 1. The standard InChI is InChI=1S/C13H15F2NO/c1-2-9-8-16-13-4-3-10(5-12(9)13)17-11(6-14)7-15/h3-5,8,11,16H,2,6-7H2,1H3. The molecule has 0 radical (unpaired) electrons. The summed E-state index contributed by atoms with van der Waals surface area (Å²) >= 11 is 0. The highest BCUT2D eigenvalue weighted by molar-refractivity contribution is 5.84. The molecule has 2 rings (SSSR count). The lowest BCUT2D eigenvalue weighted by atomic mass is 10.1. The summed E-state index contributed by atoms with van der Waals surface area (Å²) in [6, 6.07) is 5.40. The highest BCUT2D eigenvalue weighted by Crippen LogP contribution is 2.24. The fourth-order valence-electron chi connectivity index (χ4n) is 1.82. The van der Waals surface area contributed by atoms with Gasteiger partial charge in [-0.1, -0.05) is 6.92 Å². The van der Waals surface area contributed by atoms with Crippen molar-refractivity contribution in [1.29, 1.82) is 0 Å². The summed E-state index contributed by atoms with van der Waals surface area (Å²) in [6.45, 7) is 0.423. The maximum atomic E-state index is 12.4. The van der Waals surface area contributed by atoms with E-state index in [0.29, 0.717) is 5.75 Å². The monoisotopic (exact) mass is 239 g/mol. The van der Waals surface area contributed by atoms with Gasteiger partial charge in [0.15, 0.2) is 6.10 Å². The molecule has 1 heterocycles. The van der Waals surface area contributed by atoms with E-state index < -0.39 is 19.5 Å². The Morgan fingerprint density at radius 2 is 2.06 bits per heavy atom. The minimum atomic E-state index is -1.00. The Morgan fingerprint density at radius 3 is 2.71 bits per heavy atom. The molecule has 1 N–H and O–H groups in total. The highest BCUT2D eigenvalue weighted by atomic mass is 19.1. The van der Waals surface area contributed by atoms with Gasteiger partial charge in [0.05, 0.1) is 0 Å². The lowest BCUT2D eigenvalue weighted by Crippen LogP contribution is -2.20. The van der Waals surface area contributed by atoms with Gasteiger partial charge in [0, 0.05) is 17.1 Å². The molecule has 2 aromatic rings. The summed E-state index contributed by atoms with van der Waals surface area (Å²) in [5.74, 6) is 0.507. The number of hydrogen-bond acceptors (Lipinski definition) is 1. The van der Waals surface area contributed by atoms with E-state index in [-0.39, 0.29) is 0 Å². The van der Waals surface area contributed by atoms with Gasteiger partial charge in [0.1, 0.15) is 19.1 Å². The van der Waals surface area contributed by atoms with Crippen molar-refractivity contribution in [2.45, 2.75) is 19.4 Å². The summed E-state index contributed by atoms with van der Waals surface area (Å²) in [7, 11) is 0. The zero-order chi connectivity index (χ0) is 12.3. The largest absolute Gasteiger partial charge is 0.485 e. The lowest BCUT2D eigenvalue weighted by molar-refractivity contribution is 0.134. The molecule has 0 aliphatic heterocycles. The number of hydrogen-bond donors (Lipinski definition) is 1. The minimum absolute atomic E-state index is 0.507. The number of nitrogens with one attached hydrogen (secondary N) is 1. The molecule has 0 bridgehead atoms. The number of alkyl halides is 2. The molecule has 0 saturated carbocycles. The Bertz CT molecular complexity index is 491.